The van der Waals surface area contributed by atoms with E-state index in [0.29, 0.717) is 6.42 Å². The fourth-order valence-electron chi connectivity index (χ4n) is 1.78. The van der Waals surface area contributed by atoms with Crippen molar-refractivity contribution in [3.05, 3.63) is 46.5 Å². The number of unbranched alkanes of at least 4 members (excludes halogenated alkanes) is 3. The van der Waals surface area contributed by atoms with E-state index in [-0.39, 0.29) is 5.78 Å². The van der Waals surface area contributed by atoms with Crippen LogP contribution in [0.2, 0.25) is 0 Å². The fourth-order valence-corrected chi connectivity index (χ4v) is 2.14. The molecule has 0 amide bonds. The summed E-state index contributed by atoms with van der Waals surface area (Å²) in [6, 6.07) is 5.87. The summed E-state index contributed by atoms with van der Waals surface area (Å²) in [4.78, 5) is 12.0. The number of aryl methyl sites for hydroxylation is 1. The monoisotopic (exact) mass is 294 g/mol. The smallest absolute Gasteiger partial charge is 0.163 e. The van der Waals surface area contributed by atoms with E-state index in [2.05, 4.69) is 22.5 Å². The summed E-state index contributed by atoms with van der Waals surface area (Å²) >= 11 is 3.40. The highest BCUT2D eigenvalue weighted by Crippen LogP contribution is 2.18. The molecule has 1 rings (SSSR count). The lowest BCUT2D eigenvalue weighted by molar-refractivity contribution is 0.0978. The lowest BCUT2D eigenvalue weighted by atomic mass is 10.0. The van der Waals surface area contributed by atoms with Crippen molar-refractivity contribution in [2.45, 2.75) is 39.0 Å². The van der Waals surface area contributed by atoms with Crippen molar-refractivity contribution in [3.8, 4) is 0 Å². The van der Waals surface area contributed by atoms with Crippen LogP contribution in [0.3, 0.4) is 0 Å². The van der Waals surface area contributed by atoms with Crippen LogP contribution < -0.4 is 0 Å². The van der Waals surface area contributed by atoms with E-state index >= 15 is 0 Å². The van der Waals surface area contributed by atoms with Gasteiger partial charge in [-0.2, -0.15) is 0 Å². The zero-order valence-electron chi connectivity index (χ0n) is 10.3. The van der Waals surface area contributed by atoms with Crippen LogP contribution in [0.4, 0.5) is 0 Å². The molecule has 0 N–H and O–H groups in total. The molecule has 0 aromatic heterocycles. The average Bonchev–Trinajstić information content (AvgIpc) is 2.32. The second-order valence-electron chi connectivity index (χ2n) is 4.27. The van der Waals surface area contributed by atoms with Crippen LogP contribution in [0.15, 0.2) is 35.3 Å². The van der Waals surface area contributed by atoms with Crippen LogP contribution in [0, 0.1) is 6.92 Å². The molecule has 0 saturated carbocycles. The lowest BCUT2D eigenvalue weighted by Crippen LogP contribution is -2.01. The molecule has 1 nitrogen and oxygen atoms in total. The van der Waals surface area contributed by atoms with E-state index in [0.717, 1.165) is 41.3 Å². The Balaban J connectivity index is 2.46. The van der Waals surface area contributed by atoms with Gasteiger partial charge in [-0.1, -0.05) is 34.5 Å². The molecular formula is C15H19BrO. The molecule has 1 aromatic carbocycles. The maximum Gasteiger partial charge on any atom is 0.163 e. The number of carbonyl (C=O) groups is 1. The highest BCUT2D eigenvalue weighted by Gasteiger charge is 2.08. The first-order chi connectivity index (χ1) is 8.15. The number of halogens is 1. The molecular weight excluding hydrogens is 276 g/mol. The Labute approximate surface area is 112 Å². The van der Waals surface area contributed by atoms with Crippen LogP contribution in [0.25, 0.3) is 0 Å². The molecule has 0 aliphatic heterocycles. The maximum atomic E-state index is 12.0. The third kappa shape index (κ3) is 4.86. The molecule has 0 radical (unpaired) electrons. The maximum absolute atomic E-state index is 12.0. The summed E-state index contributed by atoms with van der Waals surface area (Å²) in [5, 5.41) is 0. The first-order valence-electron chi connectivity index (χ1n) is 6.05. The van der Waals surface area contributed by atoms with Gasteiger partial charge in [-0.3, -0.25) is 4.79 Å². The molecule has 0 spiro atoms. The predicted molar refractivity (Wildman–Crippen MR) is 76.5 cm³/mol. The molecule has 0 aliphatic rings. The zero-order chi connectivity index (χ0) is 12.7. The van der Waals surface area contributed by atoms with Gasteiger partial charge in [-0.05, 0) is 43.9 Å². The summed E-state index contributed by atoms with van der Waals surface area (Å²) in [6.45, 7) is 5.67. The van der Waals surface area contributed by atoms with Gasteiger partial charge in [-0.25, -0.2) is 0 Å². The molecule has 0 bridgehead atoms. The highest BCUT2D eigenvalue weighted by atomic mass is 79.9. The number of rotatable bonds is 7. The number of allylic oxidation sites excluding steroid dienone is 1. The summed E-state index contributed by atoms with van der Waals surface area (Å²) in [5.41, 5.74) is 1.91. The van der Waals surface area contributed by atoms with E-state index in [1.807, 2.05) is 31.2 Å². The van der Waals surface area contributed by atoms with E-state index in [4.69, 9.17) is 0 Å². The van der Waals surface area contributed by atoms with E-state index in [1.165, 1.54) is 0 Å². The normalized spacial score (nSPS) is 10.2. The number of Topliss-reactive ketones (excluding diaryl/α,β-unsaturated/α-hetero) is 1. The molecule has 0 saturated heterocycles. The Morgan fingerprint density at radius 2 is 2.12 bits per heavy atom. The fraction of sp³-hybridized carbons (Fsp3) is 0.400. The van der Waals surface area contributed by atoms with Crippen LogP contribution in [-0.4, -0.2) is 5.78 Å². The molecule has 0 aliphatic carbocycles. The average molecular weight is 295 g/mol. The number of ketones is 1. The standard InChI is InChI=1S/C15H19BrO/c1-3-4-5-6-7-8-15(17)14-11-13(16)10-9-12(14)2/h3,9-11H,1,4-8H2,2H3. The first kappa shape index (κ1) is 14.2. The zero-order valence-corrected chi connectivity index (χ0v) is 11.9. The Morgan fingerprint density at radius 1 is 1.35 bits per heavy atom. The molecule has 0 fully saturated rings. The van der Waals surface area contributed by atoms with Gasteiger partial charge in [0.25, 0.3) is 0 Å². The Bertz CT molecular complexity index is 396. The topological polar surface area (TPSA) is 17.1 Å². The Hall–Kier alpha value is -0.890. The molecule has 0 atom stereocenters. The highest BCUT2D eigenvalue weighted by molar-refractivity contribution is 9.10. The lowest BCUT2D eigenvalue weighted by Gasteiger charge is -2.05. The summed E-state index contributed by atoms with van der Waals surface area (Å²) in [5.74, 6) is 0.252. The first-order valence-corrected chi connectivity index (χ1v) is 6.84. The van der Waals surface area contributed by atoms with Crippen molar-refractivity contribution in [1.29, 1.82) is 0 Å². The summed E-state index contributed by atoms with van der Waals surface area (Å²) in [7, 11) is 0. The number of carbonyl (C=O) groups excluding carboxylic acids is 1. The minimum Gasteiger partial charge on any atom is -0.294 e. The van der Waals surface area contributed by atoms with Gasteiger partial charge in [-0.15, -0.1) is 6.58 Å². The Kier molecular flexibility index (Phi) is 6.20. The van der Waals surface area contributed by atoms with Crippen LogP contribution in [0.5, 0.6) is 0 Å². The van der Waals surface area contributed by atoms with Crippen molar-refractivity contribution in [3.63, 3.8) is 0 Å². The largest absolute Gasteiger partial charge is 0.294 e. The second-order valence-corrected chi connectivity index (χ2v) is 5.19. The molecule has 17 heavy (non-hydrogen) atoms. The molecule has 0 heterocycles. The van der Waals surface area contributed by atoms with Gasteiger partial charge in [0.2, 0.25) is 0 Å². The third-order valence-electron chi connectivity index (χ3n) is 2.81. The second kappa shape index (κ2) is 7.44. The van der Waals surface area contributed by atoms with Crippen molar-refractivity contribution < 1.29 is 4.79 Å². The van der Waals surface area contributed by atoms with Gasteiger partial charge < -0.3 is 0 Å². The van der Waals surface area contributed by atoms with E-state index in [1.54, 1.807) is 0 Å². The van der Waals surface area contributed by atoms with Gasteiger partial charge in [0.05, 0.1) is 0 Å². The minimum absolute atomic E-state index is 0.252. The van der Waals surface area contributed by atoms with Crippen molar-refractivity contribution >= 4 is 21.7 Å². The predicted octanol–water partition coefficient (Wildman–Crippen LogP) is 5.08. The van der Waals surface area contributed by atoms with Gasteiger partial charge in [0.15, 0.2) is 5.78 Å². The van der Waals surface area contributed by atoms with Gasteiger partial charge in [0.1, 0.15) is 0 Å². The number of hydrogen-bond acceptors (Lipinski definition) is 1. The molecule has 2 heteroatoms. The Morgan fingerprint density at radius 3 is 2.82 bits per heavy atom. The quantitative estimate of drug-likeness (QED) is 0.389. The van der Waals surface area contributed by atoms with E-state index < -0.39 is 0 Å². The summed E-state index contributed by atoms with van der Waals surface area (Å²) in [6.07, 6.45) is 6.83. The van der Waals surface area contributed by atoms with Crippen molar-refractivity contribution in [2.75, 3.05) is 0 Å². The van der Waals surface area contributed by atoms with E-state index in [9.17, 15) is 4.79 Å². The third-order valence-corrected chi connectivity index (χ3v) is 3.31. The molecule has 1 aromatic rings. The molecule has 92 valence electrons. The summed E-state index contributed by atoms with van der Waals surface area (Å²) < 4.78 is 0.970. The van der Waals surface area contributed by atoms with Crippen LogP contribution >= 0.6 is 15.9 Å². The van der Waals surface area contributed by atoms with Gasteiger partial charge >= 0.3 is 0 Å². The van der Waals surface area contributed by atoms with Crippen LogP contribution in [0.1, 0.15) is 48.0 Å². The SMILES string of the molecule is C=CCCCCCC(=O)c1cc(Br)ccc1C. The van der Waals surface area contributed by atoms with Gasteiger partial charge in [0, 0.05) is 16.5 Å². The van der Waals surface area contributed by atoms with Crippen molar-refractivity contribution in [2.24, 2.45) is 0 Å². The molecule has 0 unspecified atom stereocenters. The van der Waals surface area contributed by atoms with Crippen LogP contribution in [-0.2, 0) is 0 Å². The minimum atomic E-state index is 0.252. The van der Waals surface area contributed by atoms with Crippen molar-refractivity contribution in [1.82, 2.24) is 0 Å². The number of hydrogen-bond donors (Lipinski definition) is 0. The number of benzene rings is 1.